The van der Waals surface area contributed by atoms with Gasteiger partial charge < -0.3 is 14.0 Å². The zero-order valence-corrected chi connectivity index (χ0v) is 21.0. The number of carbonyl (C=O) groups is 2. The summed E-state index contributed by atoms with van der Waals surface area (Å²) in [6, 6.07) is 10.3. The minimum atomic E-state index is -3.89. The Morgan fingerprint density at radius 3 is 2.60 bits per heavy atom. The Bertz CT molecular complexity index is 1450. The first-order valence-electron chi connectivity index (χ1n) is 10.9. The number of sulfonamides is 1. The van der Waals surface area contributed by atoms with Crippen LogP contribution in [0, 0.1) is 0 Å². The summed E-state index contributed by atoms with van der Waals surface area (Å²) < 4.78 is 40.2. The van der Waals surface area contributed by atoms with Crippen LogP contribution in [-0.4, -0.2) is 56.0 Å². The number of benzene rings is 2. The van der Waals surface area contributed by atoms with E-state index in [0.29, 0.717) is 35.5 Å². The van der Waals surface area contributed by atoms with E-state index in [0.717, 1.165) is 10.2 Å². The molecule has 2 heterocycles. The number of esters is 1. The van der Waals surface area contributed by atoms with Crippen molar-refractivity contribution in [2.75, 3.05) is 20.8 Å². The Labute approximate surface area is 207 Å². The molecule has 4 rings (SSSR count). The maximum atomic E-state index is 13.3. The van der Waals surface area contributed by atoms with Gasteiger partial charge in [-0.15, -0.1) is 6.58 Å². The highest BCUT2D eigenvalue weighted by atomic mass is 32.2. The number of nitrogens with zero attached hydrogens (tertiary/aromatic N) is 3. The molecule has 35 heavy (non-hydrogen) atoms. The lowest BCUT2D eigenvalue weighted by molar-refractivity contribution is -0.121. The number of thiazole rings is 1. The van der Waals surface area contributed by atoms with E-state index in [2.05, 4.69) is 11.6 Å². The Hall–Kier alpha value is -3.28. The van der Waals surface area contributed by atoms with Gasteiger partial charge in [0.05, 0.1) is 34.9 Å². The molecule has 3 aromatic rings. The summed E-state index contributed by atoms with van der Waals surface area (Å²) in [4.78, 5) is 30.0. The van der Waals surface area contributed by atoms with Crippen LogP contribution in [0.3, 0.4) is 0 Å². The van der Waals surface area contributed by atoms with E-state index in [4.69, 9.17) is 9.47 Å². The lowest BCUT2D eigenvalue weighted by Crippen LogP contribution is -2.40. The molecule has 0 bridgehead atoms. The molecule has 1 aliphatic heterocycles. The van der Waals surface area contributed by atoms with Gasteiger partial charge in [0.2, 0.25) is 10.0 Å². The lowest BCUT2D eigenvalue weighted by Gasteiger charge is -2.21. The van der Waals surface area contributed by atoms with Gasteiger partial charge in [-0.05, 0) is 55.3 Å². The molecule has 0 saturated carbocycles. The van der Waals surface area contributed by atoms with E-state index >= 15 is 0 Å². The molecule has 2 aromatic carbocycles. The SMILES string of the molecule is C=CCn1c(=NC(=O)C2CCCN2S(=O)(=O)c2ccc(OC)cc2)sc2cc(C(=O)OC)ccc21. The second kappa shape index (κ2) is 10.1. The highest BCUT2D eigenvalue weighted by molar-refractivity contribution is 7.89. The smallest absolute Gasteiger partial charge is 0.337 e. The largest absolute Gasteiger partial charge is 0.497 e. The standard InChI is InChI=1S/C24H25N3O6S2/c1-4-13-26-19-12-7-16(23(29)33-3)15-21(19)34-24(26)25-22(28)20-6-5-14-27(20)35(30,31)18-10-8-17(32-2)9-11-18/h4,7-12,15,20H,1,5-6,13-14H2,2-3H3. The fourth-order valence-corrected chi connectivity index (χ4v) is 6.77. The van der Waals surface area contributed by atoms with Gasteiger partial charge in [0.15, 0.2) is 4.80 Å². The number of methoxy groups -OCH3 is 2. The number of rotatable bonds is 7. The monoisotopic (exact) mass is 515 g/mol. The normalized spacial score (nSPS) is 17.0. The molecule has 1 fully saturated rings. The van der Waals surface area contributed by atoms with Gasteiger partial charge >= 0.3 is 5.97 Å². The zero-order valence-electron chi connectivity index (χ0n) is 19.3. The van der Waals surface area contributed by atoms with Crippen molar-refractivity contribution >= 4 is 43.5 Å². The predicted molar refractivity (Wildman–Crippen MR) is 132 cm³/mol. The topological polar surface area (TPSA) is 107 Å². The summed E-state index contributed by atoms with van der Waals surface area (Å²) in [6.07, 6.45) is 2.62. The number of ether oxygens (including phenoxy) is 2. The maximum Gasteiger partial charge on any atom is 0.337 e. The molecule has 0 N–H and O–H groups in total. The molecule has 1 unspecified atom stereocenters. The predicted octanol–water partition coefficient (Wildman–Crippen LogP) is 2.96. The van der Waals surface area contributed by atoms with Crippen molar-refractivity contribution in [2.45, 2.75) is 30.3 Å². The van der Waals surface area contributed by atoms with Crippen LogP contribution in [0.25, 0.3) is 10.2 Å². The molecule has 1 amide bonds. The minimum absolute atomic E-state index is 0.0944. The van der Waals surface area contributed by atoms with Crippen molar-refractivity contribution in [3.05, 3.63) is 65.5 Å². The number of aromatic nitrogens is 1. The summed E-state index contributed by atoms with van der Waals surface area (Å²) >= 11 is 1.24. The number of allylic oxidation sites excluding steroid dienone is 1. The molecule has 0 aliphatic carbocycles. The van der Waals surface area contributed by atoms with E-state index in [1.54, 1.807) is 36.4 Å². The van der Waals surface area contributed by atoms with Gasteiger partial charge in [-0.25, -0.2) is 13.2 Å². The number of hydrogen-bond acceptors (Lipinski definition) is 7. The minimum Gasteiger partial charge on any atom is -0.497 e. The summed E-state index contributed by atoms with van der Waals surface area (Å²) in [7, 11) is -1.07. The Morgan fingerprint density at radius 2 is 1.94 bits per heavy atom. The maximum absolute atomic E-state index is 13.3. The van der Waals surface area contributed by atoms with E-state index in [1.807, 2.05) is 4.57 Å². The van der Waals surface area contributed by atoms with Crippen LogP contribution >= 0.6 is 11.3 Å². The summed E-state index contributed by atoms with van der Waals surface area (Å²) in [5, 5.41) is 0. The van der Waals surface area contributed by atoms with Crippen LogP contribution in [0.4, 0.5) is 0 Å². The number of carbonyl (C=O) groups excluding carboxylic acids is 2. The quantitative estimate of drug-likeness (QED) is 0.354. The second-order valence-corrected chi connectivity index (χ2v) is 10.8. The van der Waals surface area contributed by atoms with Crippen molar-refractivity contribution in [1.29, 1.82) is 0 Å². The first-order valence-corrected chi connectivity index (χ1v) is 13.1. The van der Waals surface area contributed by atoms with Crippen molar-refractivity contribution < 1.29 is 27.5 Å². The Kier molecular flexibility index (Phi) is 7.20. The van der Waals surface area contributed by atoms with Crippen LogP contribution in [0.1, 0.15) is 23.2 Å². The van der Waals surface area contributed by atoms with E-state index < -0.39 is 27.9 Å². The highest BCUT2D eigenvalue weighted by Crippen LogP contribution is 2.28. The fourth-order valence-electron chi connectivity index (χ4n) is 4.04. The highest BCUT2D eigenvalue weighted by Gasteiger charge is 2.39. The molecule has 1 saturated heterocycles. The van der Waals surface area contributed by atoms with Crippen LogP contribution in [0.15, 0.2) is 65.0 Å². The number of hydrogen-bond donors (Lipinski definition) is 0. The molecular weight excluding hydrogens is 490 g/mol. The third-order valence-electron chi connectivity index (χ3n) is 5.78. The summed E-state index contributed by atoms with van der Waals surface area (Å²) in [6.45, 7) is 4.41. The fraction of sp³-hybridized carbons (Fsp3) is 0.292. The van der Waals surface area contributed by atoms with E-state index in [9.17, 15) is 18.0 Å². The lowest BCUT2D eigenvalue weighted by atomic mass is 10.2. The van der Waals surface area contributed by atoms with Crippen LogP contribution in [-0.2, 0) is 26.1 Å². The molecular formula is C24H25N3O6S2. The Morgan fingerprint density at radius 1 is 1.20 bits per heavy atom. The molecule has 1 atom stereocenters. The first-order chi connectivity index (χ1) is 16.8. The molecule has 1 aliphatic rings. The molecule has 1 aromatic heterocycles. The number of amides is 1. The average Bonchev–Trinajstić information content (AvgIpc) is 3.49. The third kappa shape index (κ3) is 4.79. The molecule has 9 nitrogen and oxygen atoms in total. The van der Waals surface area contributed by atoms with Crippen molar-refractivity contribution in [1.82, 2.24) is 8.87 Å². The van der Waals surface area contributed by atoms with Gasteiger partial charge in [0.1, 0.15) is 11.8 Å². The van der Waals surface area contributed by atoms with Crippen molar-refractivity contribution in [2.24, 2.45) is 4.99 Å². The van der Waals surface area contributed by atoms with Gasteiger partial charge in [0, 0.05) is 13.1 Å². The Balaban J connectivity index is 1.71. The number of fused-ring (bicyclic) bond motifs is 1. The zero-order chi connectivity index (χ0) is 25.2. The van der Waals surface area contributed by atoms with Crippen LogP contribution in [0.5, 0.6) is 5.75 Å². The van der Waals surface area contributed by atoms with Crippen molar-refractivity contribution in [3.8, 4) is 5.75 Å². The van der Waals surface area contributed by atoms with E-state index in [1.165, 1.54) is 42.0 Å². The van der Waals surface area contributed by atoms with E-state index in [-0.39, 0.29) is 11.4 Å². The summed E-state index contributed by atoms with van der Waals surface area (Å²) in [5.41, 5.74) is 1.17. The average molecular weight is 516 g/mol. The second-order valence-electron chi connectivity index (χ2n) is 7.86. The van der Waals surface area contributed by atoms with Crippen molar-refractivity contribution in [3.63, 3.8) is 0 Å². The molecule has 184 valence electrons. The molecule has 0 radical (unpaired) electrons. The molecule has 0 spiro atoms. The van der Waals surface area contributed by atoms with Gasteiger partial charge in [-0.3, -0.25) is 4.79 Å². The van der Waals surface area contributed by atoms with Gasteiger partial charge in [-0.2, -0.15) is 9.30 Å². The van der Waals surface area contributed by atoms with Gasteiger partial charge in [0.25, 0.3) is 5.91 Å². The van der Waals surface area contributed by atoms with Crippen LogP contribution in [0.2, 0.25) is 0 Å². The molecule has 11 heteroatoms. The van der Waals surface area contributed by atoms with Crippen LogP contribution < -0.4 is 9.54 Å². The third-order valence-corrected chi connectivity index (χ3v) is 8.74. The van der Waals surface area contributed by atoms with Gasteiger partial charge in [-0.1, -0.05) is 17.4 Å². The first kappa shape index (κ1) is 24.8. The summed E-state index contributed by atoms with van der Waals surface area (Å²) in [5.74, 6) is -0.451.